The lowest BCUT2D eigenvalue weighted by molar-refractivity contribution is -0.142. The van der Waals surface area contributed by atoms with Gasteiger partial charge in [-0.1, -0.05) is 0 Å². The van der Waals surface area contributed by atoms with Gasteiger partial charge in [-0.3, -0.25) is 4.79 Å². The molecule has 8 nitrogen and oxygen atoms in total. The maximum atomic E-state index is 12.1. The molecule has 2 amide bonds. The molecule has 0 aromatic carbocycles. The van der Waals surface area contributed by atoms with E-state index in [2.05, 4.69) is 10.1 Å². The molecule has 1 aliphatic rings. The molecule has 1 aliphatic heterocycles. The van der Waals surface area contributed by atoms with E-state index in [0.29, 0.717) is 13.1 Å². The van der Waals surface area contributed by atoms with Crippen LogP contribution in [0, 0.1) is 0 Å². The van der Waals surface area contributed by atoms with Crippen LogP contribution in [-0.2, 0) is 19.1 Å². The number of nitrogens with zero attached hydrogens (tertiary/aromatic N) is 1. The van der Waals surface area contributed by atoms with Crippen LogP contribution < -0.4 is 5.32 Å². The predicted octanol–water partition coefficient (Wildman–Crippen LogP) is 0.212. The number of carbonyl (C=O) groups is 3. The molecule has 2 N–H and O–H groups in total. The van der Waals surface area contributed by atoms with E-state index in [4.69, 9.17) is 9.84 Å². The van der Waals surface area contributed by atoms with Crippen molar-refractivity contribution in [2.75, 3.05) is 20.2 Å². The number of hydrogen-bond donors (Lipinski definition) is 2. The lowest BCUT2D eigenvalue weighted by Gasteiger charge is -2.35. The number of ether oxygens (including phenoxy) is 2. The quantitative estimate of drug-likeness (QED) is 0.703. The molecule has 0 aromatic heterocycles. The number of urea groups is 1. The van der Waals surface area contributed by atoms with Crippen molar-refractivity contribution in [3.8, 4) is 0 Å². The summed E-state index contributed by atoms with van der Waals surface area (Å²) >= 11 is 0. The first kappa shape index (κ1) is 17.2. The average molecular weight is 302 g/mol. The van der Waals surface area contributed by atoms with Crippen LogP contribution in [0.25, 0.3) is 0 Å². The number of nitrogens with one attached hydrogen (secondary N) is 1. The average Bonchev–Trinajstić information content (AvgIpc) is 2.41. The largest absolute Gasteiger partial charge is 0.480 e. The summed E-state index contributed by atoms with van der Waals surface area (Å²) in [6, 6.07) is -1.58. The number of esters is 1. The molecule has 21 heavy (non-hydrogen) atoms. The second-order valence-electron chi connectivity index (χ2n) is 5.12. The monoisotopic (exact) mass is 302 g/mol. The topological polar surface area (TPSA) is 105 Å². The summed E-state index contributed by atoms with van der Waals surface area (Å²) in [4.78, 5) is 35.8. The zero-order valence-electron chi connectivity index (χ0n) is 12.5. The highest BCUT2D eigenvalue weighted by atomic mass is 16.5. The van der Waals surface area contributed by atoms with Gasteiger partial charge in [-0.2, -0.15) is 0 Å². The van der Waals surface area contributed by atoms with Crippen molar-refractivity contribution < 1.29 is 29.0 Å². The molecular formula is C13H22N2O6. The number of aliphatic carboxylic acids is 1. The molecule has 3 atom stereocenters. The van der Waals surface area contributed by atoms with Crippen molar-refractivity contribution in [3.63, 3.8) is 0 Å². The highest BCUT2D eigenvalue weighted by molar-refractivity contribution is 5.83. The van der Waals surface area contributed by atoms with Crippen LogP contribution in [0.2, 0.25) is 0 Å². The second-order valence-corrected chi connectivity index (χ2v) is 5.12. The van der Waals surface area contributed by atoms with E-state index in [0.717, 1.165) is 0 Å². The molecule has 2 unspecified atom stereocenters. The Balaban J connectivity index is 2.55. The van der Waals surface area contributed by atoms with Crippen LogP contribution in [-0.4, -0.2) is 66.4 Å². The van der Waals surface area contributed by atoms with Gasteiger partial charge < -0.3 is 24.8 Å². The van der Waals surface area contributed by atoms with Gasteiger partial charge in [0.2, 0.25) is 0 Å². The highest BCUT2D eigenvalue weighted by Crippen LogP contribution is 2.11. The molecule has 0 radical (unpaired) electrons. The molecule has 1 fully saturated rings. The van der Waals surface area contributed by atoms with E-state index in [9.17, 15) is 14.4 Å². The lowest BCUT2D eigenvalue weighted by Crippen LogP contribution is -2.54. The van der Waals surface area contributed by atoms with E-state index in [1.807, 2.05) is 13.8 Å². The maximum Gasteiger partial charge on any atom is 0.326 e. The van der Waals surface area contributed by atoms with Crippen LogP contribution in [0.4, 0.5) is 4.79 Å². The number of carboxylic acid groups (broad SMARTS) is 1. The molecule has 1 heterocycles. The molecule has 120 valence electrons. The Hall–Kier alpha value is -1.83. The Bertz CT molecular complexity index is 390. The minimum Gasteiger partial charge on any atom is -0.480 e. The van der Waals surface area contributed by atoms with Crippen molar-refractivity contribution in [2.45, 2.75) is 44.9 Å². The summed E-state index contributed by atoms with van der Waals surface area (Å²) < 4.78 is 9.97. The fourth-order valence-corrected chi connectivity index (χ4v) is 2.21. The fourth-order valence-electron chi connectivity index (χ4n) is 2.21. The summed E-state index contributed by atoms with van der Waals surface area (Å²) in [7, 11) is 1.23. The third-order valence-corrected chi connectivity index (χ3v) is 3.17. The molecule has 0 spiro atoms. The Kier molecular flexibility index (Phi) is 6.41. The van der Waals surface area contributed by atoms with Gasteiger partial charge in [-0.15, -0.1) is 0 Å². The number of methoxy groups -OCH3 is 1. The summed E-state index contributed by atoms with van der Waals surface area (Å²) in [5.74, 6) is -1.69. The highest BCUT2D eigenvalue weighted by Gasteiger charge is 2.29. The Morgan fingerprint density at radius 1 is 1.33 bits per heavy atom. The number of carbonyl (C=O) groups excluding carboxylic acids is 2. The van der Waals surface area contributed by atoms with E-state index >= 15 is 0 Å². The van der Waals surface area contributed by atoms with E-state index in [1.54, 1.807) is 0 Å². The minimum absolute atomic E-state index is 0.0107. The van der Waals surface area contributed by atoms with Crippen molar-refractivity contribution in [3.05, 3.63) is 0 Å². The first-order chi connectivity index (χ1) is 9.83. The van der Waals surface area contributed by atoms with Gasteiger partial charge in [-0.05, 0) is 20.3 Å². The van der Waals surface area contributed by atoms with Crippen LogP contribution >= 0.6 is 0 Å². The normalized spacial score (nSPS) is 23.3. The van der Waals surface area contributed by atoms with Gasteiger partial charge in [0.1, 0.15) is 6.04 Å². The maximum absolute atomic E-state index is 12.1. The molecule has 0 aliphatic carbocycles. The summed E-state index contributed by atoms with van der Waals surface area (Å²) in [5, 5.41) is 11.5. The van der Waals surface area contributed by atoms with Gasteiger partial charge in [-0.25, -0.2) is 9.59 Å². The van der Waals surface area contributed by atoms with Gasteiger partial charge in [0.25, 0.3) is 0 Å². The first-order valence-corrected chi connectivity index (χ1v) is 6.84. The smallest absolute Gasteiger partial charge is 0.326 e. The van der Waals surface area contributed by atoms with Gasteiger partial charge in [0.05, 0.1) is 19.3 Å². The number of rotatable bonds is 5. The Labute approximate surface area is 123 Å². The van der Waals surface area contributed by atoms with Crippen molar-refractivity contribution in [1.82, 2.24) is 10.2 Å². The third kappa shape index (κ3) is 5.58. The fraction of sp³-hybridized carbons (Fsp3) is 0.769. The van der Waals surface area contributed by atoms with Crippen molar-refractivity contribution >= 4 is 18.0 Å². The minimum atomic E-state index is -1.18. The summed E-state index contributed by atoms with van der Waals surface area (Å²) in [6.45, 7) is 4.50. The van der Waals surface area contributed by atoms with Crippen molar-refractivity contribution in [2.24, 2.45) is 0 Å². The molecular weight excluding hydrogens is 280 g/mol. The number of hydrogen-bond acceptors (Lipinski definition) is 5. The Morgan fingerprint density at radius 3 is 2.38 bits per heavy atom. The molecule has 0 saturated carbocycles. The van der Waals surface area contributed by atoms with Crippen LogP contribution in [0.1, 0.15) is 26.7 Å². The van der Waals surface area contributed by atoms with E-state index in [-0.39, 0.29) is 25.0 Å². The van der Waals surface area contributed by atoms with Gasteiger partial charge >= 0.3 is 18.0 Å². The zero-order valence-corrected chi connectivity index (χ0v) is 12.5. The molecule has 0 aromatic rings. The van der Waals surface area contributed by atoms with Crippen LogP contribution in [0.15, 0.2) is 0 Å². The van der Waals surface area contributed by atoms with Crippen molar-refractivity contribution in [1.29, 1.82) is 0 Å². The van der Waals surface area contributed by atoms with Crippen LogP contribution in [0.3, 0.4) is 0 Å². The molecule has 1 saturated heterocycles. The van der Waals surface area contributed by atoms with Crippen LogP contribution in [0.5, 0.6) is 0 Å². The lowest BCUT2D eigenvalue weighted by atomic mass is 10.1. The molecule has 1 rings (SSSR count). The number of morpholine rings is 1. The van der Waals surface area contributed by atoms with E-state index < -0.39 is 24.0 Å². The third-order valence-electron chi connectivity index (χ3n) is 3.17. The zero-order chi connectivity index (χ0) is 16.0. The van der Waals surface area contributed by atoms with E-state index in [1.165, 1.54) is 12.0 Å². The van der Waals surface area contributed by atoms with Gasteiger partial charge in [0.15, 0.2) is 0 Å². The second kappa shape index (κ2) is 7.82. The molecule has 0 bridgehead atoms. The van der Waals surface area contributed by atoms with Gasteiger partial charge in [0, 0.05) is 19.5 Å². The summed E-state index contributed by atoms with van der Waals surface area (Å²) in [5.41, 5.74) is 0. The standard InChI is InChI=1S/C13H22N2O6/c1-8-6-15(7-9(2)21-8)13(19)14-10(12(17)18)4-5-11(16)20-3/h8-10H,4-7H2,1-3H3,(H,14,19)(H,17,18)/t8?,9?,10-/m0/s1. The Morgan fingerprint density at radius 2 is 1.90 bits per heavy atom. The number of carboxylic acids is 1. The summed E-state index contributed by atoms with van der Waals surface area (Å²) in [6.07, 6.45) is -0.275. The first-order valence-electron chi connectivity index (χ1n) is 6.84. The predicted molar refractivity (Wildman–Crippen MR) is 72.8 cm³/mol. The molecule has 8 heteroatoms. The SMILES string of the molecule is COC(=O)CC[C@H](NC(=O)N1CC(C)OC(C)C1)C(=O)O. The number of amides is 2.